The van der Waals surface area contributed by atoms with Gasteiger partial charge in [0.1, 0.15) is 5.41 Å². The van der Waals surface area contributed by atoms with Gasteiger partial charge in [-0.3, -0.25) is 19.3 Å². The number of imide groups is 1. The molecule has 0 aromatic heterocycles. The minimum Gasteiger partial charge on any atom is -0.481 e. The van der Waals surface area contributed by atoms with Crippen LogP contribution in [0.3, 0.4) is 0 Å². The van der Waals surface area contributed by atoms with Crippen LogP contribution in [-0.2, 0) is 19.1 Å². The van der Waals surface area contributed by atoms with Gasteiger partial charge >= 0.3 is 5.97 Å². The van der Waals surface area contributed by atoms with Gasteiger partial charge in [0.25, 0.3) is 0 Å². The molecular weight excluding hydrogens is 274 g/mol. The molecule has 0 radical (unpaired) electrons. The number of carbonyl (C=O) groups excluding carboxylic acids is 2. The summed E-state index contributed by atoms with van der Waals surface area (Å²) in [5, 5.41) is 9.43. The van der Waals surface area contributed by atoms with E-state index in [1.165, 1.54) is 4.90 Å². The third kappa shape index (κ3) is 1.92. The molecule has 6 heteroatoms. The summed E-state index contributed by atoms with van der Waals surface area (Å²) in [6, 6.07) is -0.680. The lowest BCUT2D eigenvalue weighted by atomic mass is 9.84. The Morgan fingerprint density at radius 3 is 2.38 bits per heavy atom. The number of hydrogen-bond acceptors (Lipinski definition) is 4. The van der Waals surface area contributed by atoms with Gasteiger partial charge in [-0.2, -0.15) is 0 Å². The fourth-order valence-corrected chi connectivity index (χ4v) is 4.02. The molecule has 6 nitrogen and oxygen atoms in total. The van der Waals surface area contributed by atoms with Gasteiger partial charge in [0.15, 0.2) is 0 Å². The van der Waals surface area contributed by atoms with E-state index in [0.717, 1.165) is 19.3 Å². The maximum absolute atomic E-state index is 12.6. The summed E-state index contributed by atoms with van der Waals surface area (Å²) in [7, 11) is 0. The number of likely N-dealkylation sites (tertiary alicyclic amines) is 1. The van der Waals surface area contributed by atoms with Crippen molar-refractivity contribution in [2.45, 2.75) is 39.2 Å². The van der Waals surface area contributed by atoms with Crippen LogP contribution in [0, 0.1) is 23.2 Å². The molecule has 0 aromatic carbocycles. The molecule has 0 aromatic rings. The zero-order chi connectivity index (χ0) is 15.4. The van der Waals surface area contributed by atoms with Gasteiger partial charge in [0.05, 0.1) is 31.1 Å². The van der Waals surface area contributed by atoms with Crippen molar-refractivity contribution in [2.24, 2.45) is 23.2 Å². The van der Waals surface area contributed by atoms with Gasteiger partial charge in [-0.15, -0.1) is 0 Å². The normalized spacial score (nSPS) is 42.7. The first-order valence-corrected chi connectivity index (χ1v) is 7.58. The molecule has 4 atom stereocenters. The Morgan fingerprint density at radius 1 is 1.33 bits per heavy atom. The zero-order valence-corrected chi connectivity index (χ0v) is 12.4. The first-order chi connectivity index (χ1) is 9.90. The third-order valence-corrected chi connectivity index (χ3v) is 5.56. The fraction of sp³-hybridized carbons (Fsp3) is 0.800. The van der Waals surface area contributed by atoms with E-state index < -0.39 is 17.4 Å². The molecule has 0 spiro atoms. The van der Waals surface area contributed by atoms with Crippen LogP contribution in [0.15, 0.2) is 0 Å². The van der Waals surface area contributed by atoms with E-state index in [-0.39, 0.29) is 36.9 Å². The van der Waals surface area contributed by atoms with Crippen molar-refractivity contribution in [2.75, 3.05) is 13.2 Å². The lowest BCUT2D eigenvalue weighted by Gasteiger charge is -2.32. The molecule has 2 aliphatic heterocycles. The highest BCUT2D eigenvalue weighted by molar-refractivity contribution is 6.06. The third-order valence-electron chi connectivity index (χ3n) is 5.56. The highest BCUT2D eigenvalue weighted by Crippen LogP contribution is 2.47. The standard InChI is InChI=1S/C15H21NO5/c1-3-8-4-9-10(5-8)13(18)16(12(9)17)11-6-21-7-15(11,2)14(19)20/h8-11H,3-7H2,1-2H3,(H,19,20). The second-order valence-electron chi connectivity index (χ2n) is 6.76. The van der Waals surface area contributed by atoms with E-state index in [2.05, 4.69) is 6.92 Å². The highest BCUT2D eigenvalue weighted by atomic mass is 16.5. The average molecular weight is 295 g/mol. The monoisotopic (exact) mass is 295 g/mol. The SMILES string of the molecule is CCC1CC2C(=O)N(C3COCC3(C)C(=O)O)C(=O)C2C1. The molecule has 2 heterocycles. The number of aliphatic carboxylic acids is 1. The number of carboxylic acid groups (broad SMARTS) is 1. The molecule has 116 valence electrons. The minimum atomic E-state index is -1.20. The van der Waals surface area contributed by atoms with Crippen LogP contribution in [0.5, 0.6) is 0 Å². The molecule has 1 aliphatic carbocycles. The lowest BCUT2D eigenvalue weighted by molar-refractivity contribution is -0.154. The summed E-state index contributed by atoms with van der Waals surface area (Å²) in [5.41, 5.74) is -1.20. The maximum Gasteiger partial charge on any atom is 0.313 e. The quantitative estimate of drug-likeness (QED) is 0.782. The van der Waals surface area contributed by atoms with Crippen LogP contribution < -0.4 is 0 Å². The largest absolute Gasteiger partial charge is 0.481 e. The maximum atomic E-state index is 12.6. The van der Waals surface area contributed by atoms with E-state index in [0.29, 0.717) is 5.92 Å². The average Bonchev–Trinajstić information content (AvgIpc) is 3.08. The molecule has 3 rings (SSSR count). The van der Waals surface area contributed by atoms with Crippen LogP contribution >= 0.6 is 0 Å². The summed E-state index contributed by atoms with van der Waals surface area (Å²) >= 11 is 0. The number of carboxylic acids is 1. The number of fused-ring (bicyclic) bond motifs is 1. The second kappa shape index (κ2) is 4.80. The fourth-order valence-electron chi connectivity index (χ4n) is 4.02. The molecule has 21 heavy (non-hydrogen) atoms. The Hall–Kier alpha value is -1.43. The van der Waals surface area contributed by atoms with Crippen LogP contribution in [0.2, 0.25) is 0 Å². The van der Waals surface area contributed by atoms with Crippen molar-refractivity contribution >= 4 is 17.8 Å². The summed E-state index contributed by atoms with van der Waals surface area (Å²) in [5.74, 6) is -1.47. The van der Waals surface area contributed by atoms with E-state index in [4.69, 9.17) is 4.74 Å². The van der Waals surface area contributed by atoms with Crippen molar-refractivity contribution in [3.8, 4) is 0 Å². The van der Waals surface area contributed by atoms with E-state index >= 15 is 0 Å². The van der Waals surface area contributed by atoms with Gasteiger partial charge in [0, 0.05) is 0 Å². The summed E-state index contributed by atoms with van der Waals surface area (Å²) in [6.07, 6.45) is 2.48. The number of hydrogen-bond donors (Lipinski definition) is 1. The molecule has 2 saturated heterocycles. The van der Waals surface area contributed by atoms with Crippen molar-refractivity contribution in [1.29, 1.82) is 0 Å². The molecule has 3 fully saturated rings. The molecule has 3 aliphatic rings. The Bertz CT molecular complexity index is 480. The molecule has 1 saturated carbocycles. The summed E-state index contributed by atoms with van der Waals surface area (Å²) in [4.78, 5) is 38.0. The topological polar surface area (TPSA) is 83.9 Å². The van der Waals surface area contributed by atoms with Crippen LogP contribution in [0.4, 0.5) is 0 Å². The number of carbonyl (C=O) groups is 3. The van der Waals surface area contributed by atoms with Gasteiger partial charge in [-0.1, -0.05) is 13.3 Å². The van der Waals surface area contributed by atoms with Crippen LogP contribution in [0.25, 0.3) is 0 Å². The Morgan fingerprint density at radius 2 is 1.90 bits per heavy atom. The van der Waals surface area contributed by atoms with Crippen molar-refractivity contribution < 1.29 is 24.2 Å². The Kier molecular flexibility index (Phi) is 3.31. The first-order valence-electron chi connectivity index (χ1n) is 7.58. The number of ether oxygens (including phenoxy) is 1. The smallest absolute Gasteiger partial charge is 0.313 e. The lowest BCUT2D eigenvalue weighted by Crippen LogP contribution is -2.52. The van der Waals surface area contributed by atoms with Crippen molar-refractivity contribution in [3.05, 3.63) is 0 Å². The van der Waals surface area contributed by atoms with Crippen molar-refractivity contribution in [1.82, 2.24) is 4.90 Å². The van der Waals surface area contributed by atoms with Gasteiger partial charge < -0.3 is 9.84 Å². The van der Waals surface area contributed by atoms with E-state index in [1.54, 1.807) is 6.92 Å². The molecule has 4 unspecified atom stereocenters. The molecule has 2 amide bonds. The van der Waals surface area contributed by atoms with E-state index in [9.17, 15) is 19.5 Å². The number of nitrogens with zero attached hydrogens (tertiary/aromatic N) is 1. The van der Waals surface area contributed by atoms with E-state index in [1.807, 2.05) is 0 Å². The zero-order valence-electron chi connectivity index (χ0n) is 12.4. The number of rotatable bonds is 3. The van der Waals surface area contributed by atoms with Crippen LogP contribution in [0.1, 0.15) is 33.1 Å². The molecule has 0 bridgehead atoms. The number of amides is 2. The Labute approximate surface area is 123 Å². The molecule has 1 N–H and O–H groups in total. The minimum absolute atomic E-state index is 0.0387. The molecular formula is C15H21NO5. The predicted molar refractivity (Wildman–Crippen MR) is 72.2 cm³/mol. The van der Waals surface area contributed by atoms with Gasteiger partial charge in [0.2, 0.25) is 11.8 Å². The summed E-state index contributed by atoms with van der Waals surface area (Å²) in [6.45, 7) is 3.79. The van der Waals surface area contributed by atoms with Crippen molar-refractivity contribution in [3.63, 3.8) is 0 Å². The van der Waals surface area contributed by atoms with Crippen LogP contribution in [-0.4, -0.2) is 47.0 Å². The van der Waals surface area contributed by atoms with Gasteiger partial charge in [-0.05, 0) is 25.7 Å². The predicted octanol–water partition coefficient (Wildman–Crippen LogP) is 0.897. The Balaban J connectivity index is 1.87. The second-order valence-corrected chi connectivity index (χ2v) is 6.76. The highest BCUT2D eigenvalue weighted by Gasteiger charge is 2.60. The van der Waals surface area contributed by atoms with Gasteiger partial charge in [-0.25, -0.2) is 0 Å². The summed E-state index contributed by atoms with van der Waals surface area (Å²) < 4.78 is 5.28. The first kappa shape index (κ1) is 14.5.